The molecular formula is C12H14O2. The first-order valence-electron chi connectivity index (χ1n) is 4.89. The maximum Gasteiger partial charge on any atom is 0.148 e. The van der Waals surface area contributed by atoms with Gasteiger partial charge in [0.15, 0.2) is 0 Å². The topological polar surface area (TPSA) is 26.3 Å². The van der Waals surface area contributed by atoms with Crippen LogP contribution in [0.25, 0.3) is 0 Å². The highest BCUT2D eigenvalue weighted by atomic mass is 16.5. The van der Waals surface area contributed by atoms with Crippen LogP contribution in [0.2, 0.25) is 0 Å². The Morgan fingerprint density at radius 3 is 2.79 bits per heavy atom. The van der Waals surface area contributed by atoms with Crippen LogP contribution in [0, 0.1) is 11.8 Å². The number of methoxy groups -OCH3 is 1. The first-order valence-corrected chi connectivity index (χ1v) is 4.89. The predicted molar refractivity (Wildman–Crippen MR) is 54.6 cm³/mol. The van der Waals surface area contributed by atoms with Gasteiger partial charge in [-0.25, -0.2) is 0 Å². The molecule has 0 bridgehead atoms. The second-order valence-electron chi connectivity index (χ2n) is 3.83. The minimum atomic E-state index is -0.120. The summed E-state index contributed by atoms with van der Waals surface area (Å²) in [5.74, 6) is 1.29. The van der Waals surface area contributed by atoms with E-state index in [9.17, 15) is 4.79 Å². The van der Waals surface area contributed by atoms with Crippen LogP contribution in [0.3, 0.4) is 0 Å². The third-order valence-electron chi connectivity index (χ3n) is 2.91. The fourth-order valence-corrected chi connectivity index (χ4v) is 2.19. The van der Waals surface area contributed by atoms with Crippen molar-refractivity contribution in [3.63, 3.8) is 0 Å². The molecule has 0 radical (unpaired) electrons. The van der Waals surface area contributed by atoms with Crippen LogP contribution in [0.5, 0.6) is 0 Å². The second kappa shape index (κ2) is 3.45. The standard InChI is InChI=1S/C12H14O2/c1-8-7-10(13)12-9(8)5-3-4-6-11(12)14-2/h3-6,8,12H,7H2,1-2H3/t8-,12+/m1/s1. The zero-order valence-electron chi connectivity index (χ0n) is 8.49. The molecule has 0 N–H and O–H groups in total. The number of ketones is 1. The monoisotopic (exact) mass is 190 g/mol. The summed E-state index contributed by atoms with van der Waals surface area (Å²) in [7, 11) is 1.62. The molecule has 2 aliphatic rings. The molecule has 0 saturated heterocycles. The molecule has 74 valence electrons. The minimum absolute atomic E-state index is 0.120. The lowest BCUT2D eigenvalue weighted by Crippen LogP contribution is -2.12. The molecule has 2 aliphatic carbocycles. The van der Waals surface area contributed by atoms with Crippen molar-refractivity contribution in [1.29, 1.82) is 0 Å². The molecule has 0 aliphatic heterocycles. The molecule has 2 heteroatoms. The molecule has 1 saturated carbocycles. The van der Waals surface area contributed by atoms with Gasteiger partial charge >= 0.3 is 0 Å². The van der Waals surface area contributed by atoms with E-state index in [4.69, 9.17) is 4.74 Å². The molecule has 0 unspecified atom stereocenters. The number of allylic oxidation sites excluding steroid dienone is 5. The Labute approximate surface area is 83.9 Å². The Balaban J connectivity index is 2.43. The Morgan fingerprint density at radius 2 is 2.07 bits per heavy atom. The summed E-state index contributed by atoms with van der Waals surface area (Å²) in [5, 5.41) is 0. The van der Waals surface area contributed by atoms with Gasteiger partial charge in [0.05, 0.1) is 13.0 Å². The number of carbonyl (C=O) groups excluding carboxylic acids is 1. The lowest BCUT2D eigenvalue weighted by atomic mass is 9.96. The molecule has 1 fully saturated rings. The molecule has 0 aromatic carbocycles. The van der Waals surface area contributed by atoms with Crippen LogP contribution in [-0.4, -0.2) is 12.9 Å². The smallest absolute Gasteiger partial charge is 0.148 e. The summed E-state index contributed by atoms with van der Waals surface area (Å²) in [5.41, 5.74) is 1.19. The van der Waals surface area contributed by atoms with Crippen LogP contribution in [0.1, 0.15) is 13.3 Å². The lowest BCUT2D eigenvalue weighted by Gasteiger charge is -2.14. The Hall–Kier alpha value is -1.31. The molecule has 0 aromatic heterocycles. The van der Waals surface area contributed by atoms with E-state index in [-0.39, 0.29) is 11.7 Å². The summed E-state index contributed by atoms with van der Waals surface area (Å²) in [4.78, 5) is 11.8. The van der Waals surface area contributed by atoms with E-state index in [0.29, 0.717) is 12.3 Å². The van der Waals surface area contributed by atoms with E-state index >= 15 is 0 Å². The van der Waals surface area contributed by atoms with Crippen LogP contribution in [0.15, 0.2) is 35.6 Å². The van der Waals surface area contributed by atoms with E-state index in [2.05, 4.69) is 6.92 Å². The quantitative estimate of drug-likeness (QED) is 0.633. The highest BCUT2D eigenvalue weighted by Gasteiger charge is 2.38. The Bertz CT molecular complexity index is 347. The number of hydrogen-bond donors (Lipinski definition) is 0. The summed E-state index contributed by atoms with van der Waals surface area (Å²) in [6.45, 7) is 2.09. The minimum Gasteiger partial charge on any atom is -0.500 e. The normalized spacial score (nSPS) is 30.6. The summed E-state index contributed by atoms with van der Waals surface area (Å²) < 4.78 is 5.25. The van der Waals surface area contributed by atoms with E-state index in [0.717, 1.165) is 5.76 Å². The van der Waals surface area contributed by atoms with Gasteiger partial charge in [0, 0.05) is 6.42 Å². The van der Waals surface area contributed by atoms with Crippen molar-refractivity contribution in [2.75, 3.05) is 7.11 Å². The van der Waals surface area contributed by atoms with Crippen LogP contribution in [0.4, 0.5) is 0 Å². The van der Waals surface area contributed by atoms with Gasteiger partial charge in [-0.15, -0.1) is 0 Å². The summed E-state index contributed by atoms with van der Waals surface area (Å²) in [6.07, 6.45) is 8.46. The number of ether oxygens (including phenoxy) is 1. The van der Waals surface area contributed by atoms with Crippen molar-refractivity contribution in [1.82, 2.24) is 0 Å². The highest BCUT2D eigenvalue weighted by molar-refractivity contribution is 5.90. The molecule has 0 aromatic rings. The van der Waals surface area contributed by atoms with E-state index in [1.54, 1.807) is 7.11 Å². The number of hydrogen-bond acceptors (Lipinski definition) is 2. The van der Waals surface area contributed by atoms with Crippen molar-refractivity contribution in [3.8, 4) is 0 Å². The number of rotatable bonds is 1. The fourth-order valence-electron chi connectivity index (χ4n) is 2.19. The number of fused-ring (bicyclic) bond motifs is 1. The van der Waals surface area contributed by atoms with Gasteiger partial charge in [0.1, 0.15) is 11.5 Å². The SMILES string of the molecule is COC1=CC=CC=C2[C@H]1C(=O)C[C@H]2C. The maximum atomic E-state index is 11.8. The van der Waals surface area contributed by atoms with Crippen LogP contribution >= 0.6 is 0 Å². The molecule has 0 amide bonds. The first-order chi connectivity index (χ1) is 6.74. The van der Waals surface area contributed by atoms with Crippen molar-refractivity contribution in [2.24, 2.45) is 11.8 Å². The van der Waals surface area contributed by atoms with Crippen molar-refractivity contribution in [3.05, 3.63) is 35.6 Å². The second-order valence-corrected chi connectivity index (χ2v) is 3.83. The molecule has 2 atom stereocenters. The zero-order chi connectivity index (χ0) is 10.1. The average molecular weight is 190 g/mol. The van der Waals surface area contributed by atoms with Gasteiger partial charge in [-0.1, -0.05) is 25.2 Å². The van der Waals surface area contributed by atoms with Gasteiger partial charge in [-0.3, -0.25) is 4.79 Å². The van der Waals surface area contributed by atoms with Gasteiger partial charge in [-0.05, 0) is 17.6 Å². The summed E-state index contributed by atoms with van der Waals surface area (Å²) >= 11 is 0. The zero-order valence-corrected chi connectivity index (χ0v) is 8.49. The largest absolute Gasteiger partial charge is 0.500 e. The van der Waals surface area contributed by atoms with Gasteiger partial charge < -0.3 is 4.74 Å². The van der Waals surface area contributed by atoms with Crippen molar-refractivity contribution in [2.45, 2.75) is 13.3 Å². The first kappa shape index (κ1) is 9.25. The number of carbonyl (C=O) groups is 1. The van der Waals surface area contributed by atoms with Gasteiger partial charge in [-0.2, -0.15) is 0 Å². The molecule has 2 nitrogen and oxygen atoms in total. The van der Waals surface area contributed by atoms with Crippen molar-refractivity contribution >= 4 is 5.78 Å². The predicted octanol–water partition coefficient (Wildman–Crippen LogP) is 2.24. The average Bonchev–Trinajstić information content (AvgIpc) is 2.40. The van der Waals surface area contributed by atoms with Crippen molar-refractivity contribution < 1.29 is 9.53 Å². The molecule has 0 spiro atoms. The molecular weight excluding hydrogens is 176 g/mol. The van der Waals surface area contributed by atoms with E-state index in [1.165, 1.54) is 5.57 Å². The maximum absolute atomic E-state index is 11.8. The molecule has 2 rings (SSSR count). The van der Waals surface area contributed by atoms with Gasteiger partial charge in [0.2, 0.25) is 0 Å². The molecule has 14 heavy (non-hydrogen) atoms. The lowest BCUT2D eigenvalue weighted by molar-refractivity contribution is -0.120. The molecule has 0 heterocycles. The summed E-state index contributed by atoms with van der Waals surface area (Å²) in [6, 6.07) is 0. The van der Waals surface area contributed by atoms with Crippen LogP contribution < -0.4 is 0 Å². The number of Topliss-reactive ketones (excluding diaryl/α,β-unsaturated/α-hetero) is 1. The van der Waals surface area contributed by atoms with E-state index in [1.807, 2.05) is 24.3 Å². The van der Waals surface area contributed by atoms with E-state index < -0.39 is 0 Å². The van der Waals surface area contributed by atoms with Crippen LogP contribution in [-0.2, 0) is 9.53 Å². The Kier molecular flexibility index (Phi) is 2.28. The fraction of sp³-hybridized carbons (Fsp3) is 0.417. The highest BCUT2D eigenvalue weighted by Crippen LogP contribution is 2.39. The third-order valence-corrected chi connectivity index (χ3v) is 2.91. The third kappa shape index (κ3) is 1.31. The van der Waals surface area contributed by atoms with Gasteiger partial charge in [0.25, 0.3) is 0 Å². The Morgan fingerprint density at radius 1 is 1.36 bits per heavy atom.